The van der Waals surface area contributed by atoms with Crippen LogP contribution in [-0.2, 0) is 6.54 Å². The van der Waals surface area contributed by atoms with Crippen LogP contribution < -0.4 is 5.32 Å². The number of halogens is 2. The molecule has 0 saturated carbocycles. The normalized spacial score (nSPS) is 10.3. The van der Waals surface area contributed by atoms with Gasteiger partial charge in [0.05, 0.1) is 23.5 Å². The van der Waals surface area contributed by atoms with E-state index in [1.165, 1.54) is 0 Å². The minimum absolute atomic E-state index is 0.606. The first kappa shape index (κ1) is 10.8. The van der Waals surface area contributed by atoms with Gasteiger partial charge in [-0.1, -0.05) is 11.6 Å². The summed E-state index contributed by atoms with van der Waals surface area (Å²) < 4.78 is 6.28. The van der Waals surface area contributed by atoms with E-state index in [2.05, 4.69) is 32.9 Å². The number of furan rings is 1. The highest BCUT2D eigenvalue weighted by molar-refractivity contribution is 14.1. The second kappa shape index (κ2) is 4.85. The van der Waals surface area contributed by atoms with Gasteiger partial charge in [-0.15, -0.1) is 0 Å². The number of pyridine rings is 1. The maximum absolute atomic E-state index is 5.96. The molecule has 3 nitrogen and oxygen atoms in total. The van der Waals surface area contributed by atoms with E-state index >= 15 is 0 Å². The molecule has 0 aliphatic carbocycles. The van der Waals surface area contributed by atoms with Gasteiger partial charge in [-0.05, 0) is 40.8 Å². The summed E-state index contributed by atoms with van der Waals surface area (Å²) in [6, 6.07) is 5.59. The lowest BCUT2D eigenvalue weighted by atomic mass is 10.4. The summed E-state index contributed by atoms with van der Waals surface area (Å²) in [5.41, 5.74) is 0.811. The van der Waals surface area contributed by atoms with Crippen LogP contribution in [0.5, 0.6) is 0 Å². The Morgan fingerprint density at radius 1 is 1.40 bits per heavy atom. The van der Waals surface area contributed by atoms with Crippen LogP contribution in [0.2, 0.25) is 5.02 Å². The minimum Gasteiger partial charge on any atom is -0.454 e. The Hall–Kier alpha value is -0.750. The first-order valence-electron chi connectivity index (χ1n) is 4.33. The summed E-state index contributed by atoms with van der Waals surface area (Å²) >= 11 is 8.09. The molecule has 0 spiro atoms. The zero-order valence-electron chi connectivity index (χ0n) is 7.71. The number of anilines is 1. The molecule has 0 fully saturated rings. The van der Waals surface area contributed by atoms with E-state index in [-0.39, 0.29) is 0 Å². The van der Waals surface area contributed by atoms with Crippen LogP contribution >= 0.6 is 34.2 Å². The SMILES string of the molecule is Clc1ccncc1NCc1ccc(I)o1. The second-order valence-corrected chi connectivity index (χ2v) is 4.39. The van der Waals surface area contributed by atoms with Crippen molar-refractivity contribution in [2.75, 3.05) is 5.32 Å². The van der Waals surface area contributed by atoms with Crippen molar-refractivity contribution in [3.8, 4) is 0 Å². The Balaban J connectivity index is 2.02. The van der Waals surface area contributed by atoms with Crippen molar-refractivity contribution in [1.82, 2.24) is 4.98 Å². The van der Waals surface area contributed by atoms with Crippen LogP contribution in [0.4, 0.5) is 5.69 Å². The van der Waals surface area contributed by atoms with Crippen molar-refractivity contribution in [1.29, 1.82) is 0 Å². The van der Waals surface area contributed by atoms with Crippen LogP contribution in [0.3, 0.4) is 0 Å². The first-order chi connectivity index (χ1) is 7.25. The lowest BCUT2D eigenvalue weighted by molar-refractivity contribution is 0.493. The van der Waals surface area contributed by atoms with E-state index < -0.39 is 0 Å². The van der Waals surface area contributed by atoms with Crippen molar-refractivity contribution >= 4 is 39.9 Å². The molecule has 1 N–H and O–H groups in total. The molecule has 2 aromatic heterocycles. The van der Waals surface area contributed by atoms with E-state index in [1.807, 2.05) is 12.1 Å². The van der Waals surface area contributed by atoms with Gasteiger partial charge in [0.2, 0.25) is 0 Å². The smallest absolute Gasteiger partial charge is 0.164 e. The van der Waals surface area contributed by atoms with Crippen molar-refractivity contribution < 1.29 is 4.42 Å². The number of aromatic nitrogens is 1. The van der Waals surface area contributed by atoms with Gasteiger partial charge in [-0.25, -0.2) is 0 Å². The Labute approximate surface area is 106 Å². The Kier molecular flexibility index (Phi) is 3.48. The number of rotatable bonds is 3. The third-order valence-electron chi connectivity index (χ3n) is 1.85. The fourth-order valence-corrected chi connectivity index (χ4v) is 1.77. The van der Waals surface area contributed by atoms with Gasteiger partial charge in [0.1, 0.15) is 5.76 Å². The van der Waals surface area contributed by atoms with Crippen LogP contribution in [0.15, 0.2) is 35.0 Å². The van der Waals surface area contributed by atoms with E-state index in [0.717, 1.165) is 15.2 Å². The van der Waals surface area contributed by atoms with E-state index in [1.54, 1.807) is 18.5 Å². The van der Waals surface area contributed by atoms with Crippen molar-refractivity contribution in [2.45, 2.75) is 6.54 Å². The van der Waals surface area contributed by atoms with Gasteiger partial charge < -0.3 is 9.73 Å². The quantitative estimate of drug-likeness (QED) is 0.873. The summed E-state index contributed by atoms with van der Waals surface area (Å²) in [7, 11) is 0. The fraction of sp³-hybridized carbons (Fsp3) is 0.100. The Morgan fingerprint density at radius 3 is 2.93 bits per heavy atom. The monoisotopic (exact) mass is 334 g/mol. The van der Waals surface area contributed by atoms with Crippen LogP contribution in [0.1, 0.15) is 5.76 Å². The minimum atomic E-state index is 0.606. The lowest BCUT2D eigenvalue weighted by Gasteiger charge is -2.04. The van der Waals surface area contributed by atoms with Crippen molar-refractivity contribution in [3.05, 3.63) is 45.1 Å². The molecule has 0 aliphatic rings. The maximum atomic E-state index is 5.96. The fourth-order valence-electron chi connectivity index (χ4n) is 1.14. The van der Waals surface area contributed by atoms with Gasteiger partial charge in [0.15, 0.2) is 3.77 Å². The molecule has 0 aromatic carbocycles. The second-order valence-electron chi connectivity index (χ2n) is 2.91. The average Bonchev–Trinajstić information content (AvgIpc) is 2.63. The molecule has 0 amide bonds. The van der Waals surface area contributed by atoms with Crippen molar-refractivity contribution in [2.24, 2.45) is 0 Å². The molecule has 0 radical (unpaired) electrons. The topological polar surface area (TPSA) is 38.1 Å². The molecular formula is C10H8ClIN2O. The van der Waals surface area contributed by atoms with E-state index in [0.29, 0.717) is 11.6 Å². The maximum Gasteiger partial charge on any atom is 0.164 e. The standard InChI is InChI=1S/C10H8ClIN2O/c11-8-3-4-13-6-9(8)14-5-7-1-2-10(12)15-7/h1-4,6,14H,5H2. The zero-order valence-corrected chi connectivity index (χ0v) is 10.6. The molecule has 0 atom stereocenters. The zero-order chi connectivity index (χ0) is 10.7. The summed E-state index contributed by atoms with van der Waals surface area (Å²) in [5.74, 6) is 0.874. The van der Waals surface area contributed by atoms with Gasteiger partial charge in [-0.2, -0.15) is 0 Å². The predicted molar refractivity (Wildman–Crippen MR) is 68.0 cm³/mol. The number of nitrogens with one attached hydrogen (secondary N) is 1. The van der Waals surface area contributed by atoms with Gasteiger partial charge in [-0.3, -0.25) is 4.98 Å². The van der Waals surface area contributed by atoms with Gasteiger partial charge in [0.25, 0.3) is 0 Å². The molecule has 78 valence electrons. The van der Waals surface area contributed by atoms with E-state index in [9.17, 15) is 0 Å². The Morgan fingerprint density at radius 2 is 2.27 bits per heavy atom. The molecular weight excluding hydrogens is 326 g/mol. The molecule has 2 aromatic rings. The third kappa shape index (κ3) is 2.85. The molecule has 0 bridgehead atoms. The lowest BCUT2D eigenvalue weighted by Crippen LogP contribution is -1.98. The highest BCUT2D eigenvalue weighted by atomic mass is 127. The van der Waals surface area contributed by atoms with Crippen LogP contribution in [-0.4, -0.2) is 4.98 Å². The van der Waals surface area contributed by atoms with Gasteiger partial charge >= 0.3 is 0 Å². The first-order valence-corrected chi connectivity index (χ1v) is 5.79. The molecule has 2 heterocycles. The summed E-state index contributed by atoms with van der Waals surface area (Å²) in [6.07, 6.45) is 3.35. The van der Waals surface area contributed by atoms with E-state index in [4.69, 9.17) is 16.0 Å². The summed E-state index contributed by atoms with van der Waals surface area (Å²) in [4.78, 5) is 3.98. The highest BCUT2D eigenvalue weighted by Crippen LogP contribution is 2.20. The molecule has 2 rings (SSSR count). The molecule has 0 aliphatic heterocycles. The number of hydrogen-bond acceptors (Lipinski definition) is 3. The van der Waals surface area contributed by atoms with Gasteiger partial charge in [0, 0.05) is 6.20 Å². The number of hydrogen-bond donors (Lipinski definition) is 1. The summed E-state index contributed by atoms with van der Waals surface area (Å²) in [5, 5.41) is 3.81. The Bertz CT molecular complexity index is 458. The highest BCUT2D eigenvalue weighted by Gasteiger charge is 2.01. The van der Waals surface area contributed by atoms with Crippen molar-refractivity contribution in [3.63, 3.8) is 0 Å². The predicted octanol–water partition coefficient (Wildman–Crippen LogP) is 3.54. The van der Waals surface area contributed by atoms with Crippen LogP contribution in [0.25, 0.3) is 0 Å². The third-order valence-corrected chi connectivity index (χ3v) is 2.76. The largest absolute Gasteiger partial charge is 0.454 e. The average molecular weight is 335 g/mol. The summed E-state index contributed by atoms with van der Waals surface area (Å²) in [6.45, 7) is 0.606. The molecule has 0 unspecified atom stereocenters. The van der Waals surface area contributed by atoms with Crippen LogP contribution in [0, 0.1) is 3.77 Å². The number of nitrogens with zero attached hydrogens (tertiary/aromatic N) is 1. The molecule has 15 heavy (non-hydrogen) atoms. The molecule has 0 saturated heterocycles. The molecule has 5 heteroatoms.